The first-order valence-electron chi connectivity index (χ1n) is 10.3. The van der Waals surface area contributed by atoms with Crippen molar-refractivity contribution in [1.82, 2.24) is 0 Å². The van der Waals surface area contributed by atoms with Crippen molar-refractivity contribution in [3.8, 4) is 17.2 Å². The summed E-state index contributed by atoms with van der Waals surface area (Å²) in [6.07, 6.45) is -6.59. The quantitative estimate of drug-likeness (QED) is 0.319. The Balaban J connectivity index is 1.62. The van der Waals surface area contributed by atoms with E-state index in [9.17, 15) is 35.4 Å². The Morgan fingerprint density at radius 2 is 1.61 bits per heavy atom. The maximum atomic E-state index is 12.1. The second-order valence-electron chi connectivity index (χ2n) is 7.89. The van der Waals surface area contributed by atoms with E-state index in [1.54, 1.807) is 12.1 Å². The molecule has 1 saturated heterocycles. The van der Waals surface area contributed by atoms with Crippen LogP contribution in [0.1, 0.15) is 11.1 Å². The summed E-state index contributed by atoms with van der Waals surface area (Å²) in [5.41, 5.74) is 1.63. The predicted octanol–water partition coefficient (Wildman–Crippen LogP) is -0.172. The monoisotopic (exact) mass is 460 g/mol. The fourth-order valence-electron chi connectivity index (χ4n) is 3.84. The van der Waals surface area contributed by atoms with Crippen LogP contribution in [-0.2, 0) is 20.7 Å². The second-order valence-corrected chi connectivity index (χ2v) is 7.89. The molecule has 0 aromatic heterocycles. The van der Waals surface area contributed by atoms with E-state index in [1.807, 2.05) is 0 Å². The first-order valence-corrected chi connectivity index (χ1v) is 10.3. The Morgan fingerprint density at radius 3 is 2.30 bits per heavy atom. The molecule has 2 aliphatic rings. The van der Waals surface area contributed by atoms with E-state index in [0.29, 0.717) is 17.6 Å². The van der Waals surface area contributed by atoms with Gasteiger partial charge < -0.3 is 44.8 Å². The van der Waals surface area contributed by atoms with Gasteiger partial charge in [0, 0.05) is 29.7 Å². The molecule has 2 heterocycles. The molecule has 0 amide bonds. The minimum Gasteiger partial charge on any atom is -0.508 e. The maximum absolute atomic E-state index is 12.1. The number of aliphatic hydroxyl groups excluding tert-OH is 4. The molecule has 0 bridgehead atoms. The van der Waals surface area contributed by atoms with E-state index < -0.39 is 49.4 Å². The van der Waals surface area contributed by atoms with Crippen LogP contribution in [0.15, 0.2) is 48.5 Å². The van der Waals surface area contributed by atoms with E-state index in [4.69, 9.17) is 14.2 Å². The number of aliphatic hydroxyl groups is 4. The molecule has 1 fully saturated rings. The summed E-state index contributed by atoms with van der Waals surface area (Å²) < 4.78 is 16.6. The highest BCUT2D eigenvalue weighted by molar-refractivity contribution is 5.98. The highest BCUT2D eigenvalue weighted by Gasteiger charge is 2.45. The molecular formula is C23H24O10. The third kappa shape index (κ3) is 4.80. The number of rotatable bonds is 6. The van der Waals surface area contributed by atoms with E-state index in [2.05, 4.69) is 0 Å². The minimum atomic E-state index is -1.65. The van der Waals surface area contributed by atoms with Crippen LogP contribution < -0.4 is 4.74 Å². The van der Waals surface area contributed by atoms with Crippen LogP contribution in [0.25, 0.3) is 5.57 Å². The van der Waals surface area contributed by atoms with Crippen molar-refractivity contribution in [2.24, 2.45) is 0 Å². The molecule has 10 heteroatoms. The molecule has 10 nitrogen and oxygen atoms in total. The van der Waals surface area contributed by atoms with Gasteiger partial charge in [0.05, 0.1) is 6.61 Å². The van der Waals surface area contributed by atoms with Crippen molar-refractivity contribution in [2.75, 3.05) is 6.61 Å². The Kier molecular flexibility index (Phi) is 6.54. The van der Waals surface area contributed by atoms with Crippen LogP contribution in [-0.4, -0.2) is 80.0 Å². The smallest absolute Gasteiger partial charge is 0.331 e. The fraction of sp³-hybridized carbons (Fsp3) is 0.348. The standard InChI is InChI=1S/C23H24O10/c24-10-18-20(28)21(29)22(30)23(33-18)32-17-8-13(26)5-6-14(17)15-9-19(27)31-16(15)7-11-1-3-12(25)4-2-11/h1-6,8-9,16,18,20-26,28-30H,7,10H2/t16-,18+,20-,21-,22-,23-/m1/s1. The lowest BCUT2D eigenvalue weighted by atomic mass is 9.95. The topological polar surface area (TPSA) is 166 Å². The molecule has 0 unspecified atom stereocenters. The third-order valence-corrected chi connectivity index (χ3v) is 5.60. The number of cyclic esters (lactones) is 1. The van der Waals surface area contributed by atoms with Crippen LogP contribution in [0.4, 0.5) is 0 Å². The van der Waals surface area contributed by atoms with Gasteiger partial charge >= 0.3 is 5.97 Å². The van der Waals surface area contributed by atoms with Crippen LogP contribution in [0.5, 0.6) is 17.2 Å². The van der Waals surface area contributed by atoms with Gasteiger partial charge in [0.2, 0.25) is 6.29 Å². The SMILES string of the molecule is O=C1C=C(c2ccc(O)cc2O[C@@H]2O[C@@H](CO)[C@@H](O)[C@@H](O)[C@H]2O)[C@@H](Cc2ccc(O)cc2)O1. The molecular weight excluding hydrogens is 436 g/mol. The van der Waals surface area contributed by atoms with Crippen LogP contribution in [0.2, 0.25) is 0 Å². The van der Waals surface area contributed by atoms with Gasteiger partial charge in [-0.05, 0) is 29.8 Å². The highest BCUT2D eigenvalue weighted by atomic mass is 16.7. The van der Waals surface area contributed by atoms with Gasteiger partial charge in [-0.2, -0.15) is 0 Å². The largest absolute Gasteiger partial charge is 0.508 e. The van der Waals surface area contributed by atoms with Crippen molar-refractivity contribution in [3.05, 3.63) is 59.7 Å². The normalized spacial score (nSPS) is 29.5. The van der Waals surface area contributed by atoms with Crippen molar-refractivity contribution in [1.29, 1.82) is 0 Å². The number of aromatic hydroxyl groups is 2. The number of phenols is 2. The number of carbonyl (C=O) groups is 1. The molecule has 0 saturated carbocycles. The Hall–Kier alpha value is -3.15. The fourth-order valence-corrected chi connectivity index (χ4v) is 3.84. The molecule has 4 rings (SSSR count). The van der Waals surface area contributed by atoms with Gasteiger partial charge in [0.25, 0.3) is 0 Å². The van der Waals surface area contributed by atoms with Gasteiger partial charge in [-0.25, -0.2) is 4.79 Å². The average molecular weight is 460 g/mol. The Morgan fingerprint density at radius 1 is 0.909 bits per heavy atom. The van der Waals surface area contributed by atoms with Gasteiger partial charge in [-0.15, -0.1) is 0 Å². The van der Waals surface area contributed by atoms with Gasteiger partial charge in [0.1, 0.15) is 47.8 Å². The number of esters is 1. The number of phenolic OH excluding ortho intramolecular Hbond substituents is 2. The van der Waals surface area contributed by atoms with E-state index >= 15 is 0 Å². The lowest BCUT2D eigenvalue weighted by molar-refractivity contribution is -0.277. The molecule has 0 spiro atoms. The summed E-state index contributed by atoms with van der Waals surface area (Å²) in [6.45, 7) is -0.625. The van der Waals surface area contributed by atoms with Crippen molar-refractivity contribution in [3.63, 3.8) is 0 Å². The number of hydrogen-bond donors (Lipinski definition) is 6. The molecule has 0 radical (unpaired) electrons. The van der Waals surface area contributed by atoms with Gasteiger partial charge in [-0.3, -0.25) is 0 Å². The van der Waals surface area contributed by atoms with Crippen molar-refractivity contribution < 1.29 is 49.6 Å². The number of benzene rings is 2. The zero-order valence-corrected chi connectivity index (χ0v) is 17.3. The Labute approximate surface area is 188 Å². The van der Waals surface area contributed by atoms with Crippen LogP contribution in [0.3, 0.4) is 0 Å². The lowest BCUT2D eigenvalue weighted by Crippen LogP contribution is -2.60. The molecule has 0 aliphatic carbocycles. The van der Waals surface area contributed by atoms with E-state index in [1.165, 1.54) is 36.4 Å². The molecule has 2 aromatic carbocycles. The van der Waals surface area contributed by atoms with Crippen molar-refractivity contribution >= 4 is 11.5 Å². The van der Waals surface area contributed by atoms with Crippen LogP contribution in [0, 0.1) is 0 Å². The second kappa shape index (κ2) is 9.38. The van der Waals surface area contributed by atoms with E-state index in [0.717, 1.165) is 5.56 Å². The minimum absolute atomic E-state index is 0.0274. The highest BCUT2D eigenvalue weighted by Crippen LogP contribution is 2.38. The first kappa shape index (κ1) is 23.0. The molecule has 33 heavy (non-hydrogen) atoms. The molecule has 2 aromatic rings. The number of carbonyl (C=O) groups excluding carboxylic acids is 1. The summed E-state index contributed by atoms with van der Waals surface area (Å²) in [5.74, 6) is -0.605. The molecule has 2 aliphatic heterocycles. The number of ether oxygens (including phenoxy) is 3. The molecule has 176 valence electrons. The maximum Gasteiger partial charge on any atom is 0.331 e. The van der Waals surface area contributed by atoms with Gasteiger partial charge in [-0.1, -0.05) is 12.1 Å². The zero-order chi connectivity index (χ0) is 23.7. The third-order valence-electron chi connectivity index (χ3n) is 5.60. The first-order chi connectivity index (χ1) is 15.8. The summed E-state index contributed by atoms with van der Waals surface area (Å²) in [6, 6.07) is 10.6. The summed E-state index contributed by atoms with van der Waals surface area (Å²) in [4.78, 5) is 12.1. The Bertz CT molecular complexity index is 1030. The zero-order valence-electron chi connectivity index (χ0n) is 17.3. The average Bonchev–Trinajstić information content (AvgIpc) is 3.15. The summed E-state index contributed by atoms with van der Waals surface area (Å²) >= 11 is 0. The summed E-state index contributed by atoms with van der Waals surface area (Å²) in [5, 5.41) is 59.2. The molecule has 6 N–H and O–H groups in total. The lowest BCUT2D eigenvalue weighted by Gasteiger charge is -2.39. The predicted molar refractivity (Wildman–Crippen MR) is 112 cm³/mol. The summed E-state index contributed by atoms with van der Waals surface area (Å²) in [7, 11) is 0. The molecule has 6 atom stereocenters. The van der Waals surface area contributed by atoms with Gasteiger partial charge in [0.15, 0.2) is 0 Å². The van der Waals surface area contributed by atoms with Crippen molar-refractivity contribution in [2.45, 2.75) is 43.2 Å². The van der Waals surface area contributed by atoms with Crippen LogP contribution >= 0.6 is 0 Å². The van der Waals surface area contributed by atoms with E-state index in [-0.39, 0.29) is 17.2 Å². The number of hydrogen-bond acceptors (Lipinski definition) is 10.